The summed E-state index contributed by atoms with van der Waals surface area (Å²) < 4.78 is 22.8. The number of Topliss-reactive ketones (excluding diaryl/α,β-unsaturated/α-hetero) is 1. The van der Waals surface area contributed by atoms with Crippen molar-refractivity contribution in [3.63, 3.8) is 0 Å². The molecule has 0 bridgehead atoms. The van der Waals surface area contributed by atoms with Crippen LogP contribution in [0.3, 0.4) is 0 Å². The Morgan fingerprint density at radius 3 is 2.35 bits per heavy atom. The number of ketones is 2. The molecular weight excluding hydrogens is 516 g/mol. The zero-order chi connectivity index (χ0) is 29.6. The van der Waals surface area contributed by atoms with Gasteiger partial charge in [0.05, 0.1) is 25.6 Å². The van der Waals surface area contributed by atoms with Gasteiger partial charge < -0.3 is 18.9 Å². The van der Waals surface area contributed by atoms with E-state index in [1.165, 1.54) is 27.0 Å². The Hall–Kier alpha value is -3.07. The van der Waals surface area contributed by atoms with Crippen LogP contribution in [0.25, 0.3) is 0 Å². The zero-order valence-electron chi connectivity index (χ0n) is 24.2. The molecule has 3 aliphatic carbocycles. The average Bonchev–Trinajstić information content (AvgIpc) is 3.35. The molecule has 5 aliphatic rings. The first-order chi connectivity index (χ1) is 18.6. The normalized spacial score (nSPS) is 42.9. The van der Waals surface area contributed by atoms with Gasteiger partial charge in [0.2, 0.25) is 0 Å². The maximum absolute atomic E-state index is 13.7. The van der Waals surface area contributed by atoms with Gasteiger partial charge in [-0.25, -0.2) is 4.79 Å². The van der Waals surface area contributed by atoms with Gasteiger partial charge in [-0.05, 0) is 37.0 Å². The van der Waals surface area contributed by atoms with Crippen molar-refractivity contribution < 1.29 is 42.9 Å². The highest BCUT2D eigenvalue weighted by Crippen LogP contribution is 2.77. The highest BCUT2D eigenvalue weighted by Gasteiger charge is 2.84. The monoisotopic (exact) mass is 554 g/mol. The summed E-state index contributed by atoms with van der Waals surface area (Å²) in [5, 5.41) is 0. The first-order valence-electron chi connectivity index (χ1n) is 13.8. The van der Waals surface area contributed by atoms with Crippen LogP contribution in [-0.2, 0) is 42.9 Å². The number of epoxide rings is 1. The summed E-state index contributed by atoms with van der Waals surface area (Å²) in [4.78, 5) is 64.9. The minimum atomic E-state index is -0.986. The second-order valence-electron chi connectivity index (χ2n) is 13.0. The third-order valence-electron chi connectivity index (χ3n) is 10.8. The molecule has 9 atom stereocenters. The fourth-order valence-corrected chi connectivity index (χ4v) is 9.04. The summed E-state index contributed by atoms with van der Waals surface area (Å²) in [6.07, 6.45) is 4.20. The van der Waals surface area contributed by atoms with E-state index in [-0.39, 0.29) is 36.6 Å². The van der Waals surface area contributed by atoms with Crippen molar-refractivity contribution in [2.24, 2.45) is 39.9 Å². The summed E-state index contributed by atoms with van der Waals surface area (Å²) in [5.41, 5.74) is -2.68. The molecule has 0 radical (unpaired) electrons. The van der Waals surface area contributed by atoms with E-state index >= 15 is 0 Å². The number of cyclic esters (lactones) is 1. The van der Waals surface area contributed by atoms with Crippen LogP contribution in [0.5, 0.6) is 0 Å². The molecule has 0 N–H and O–H groups in total. The van der Waals surface area contributed by atoms with E-state index in [0.29, 0.717) is 17.6 Å². The van der Waals surface area contributed by atoms with Gasteiger partial charge in [-0.3, -0.25) is 19.2 Å². The lowest BCUT2D eigenvalue weighted by atomic mass is 9.44. The Morgan fingerprint density at radius 2 is 1.80 bits per heavy atom. The summed E-state index contributed by atoms with van der Waals surface area (Å²) in [5.74, 6) is -4.28. The van der Waals surface area contributed by atoms with Crippen LogP contribution in [0.15, 0.2) is 36.0 Å². The number of carbonyl (C=O) groups excluding carboxylic acids is 5. The fourth-order valence-electron chi connectivity index (χ4n) is 9.04. The maximum Gasteiger partial charge on any atom is 0.334 e. The van der Waals surface area contributed by atoms with Crippen molar-refractivity contribution in [3.8, 4) is 0 Å². The van der Waals surface area contributed by atoms with Crippen LogP contribution in [0.2, 0.25) is 0 Å². The van der Waals surface area contributed by atoms with E-state index in [1.807, 2.05) is 13.8 Å². The SMILES string of the molecule is C=C1[C@@H]([C@@]2(C)C=CC(=O)C(C)(C)[C@@H]2CC(=O)OC)[C@H](OC(C)=O)[C@H](C(C)=O)[C@@]2(C)[C@H](C3=CCOC3=O)C[C@H]3O[C@]132. The van der Waals surface area contributed by atoms with Gasteiger partial charge >= 0.3 is 17.9 Å². The molecule has 1 saturated heterocycles. The van der Waals surface area contributed by atoms with Crippen molar-refractivity contribution in [2.75, 3.05) is 13.7 Å². The quantitative estimate of drug-likeness (QED) is 0.210. The number of hydrogen-bond acceptors (Lipinski definition) is 9. The molecule has 216 valence electrons. The zero-order valence-corrected chi connectivity index (χ0v) is 24.2. The van der Waals surface area contributed by atoms with Crippen molar-refractivity contribution in [1.29, 1.82) is 0 Å². The van der Waals surface area contributed by atoms with E-state index in [4.69, 9.17) is 18.9 Å². The molecule has 9 heteroatoms. The number of carbonyl (C=O) groups is 5. The maximum atomic E-state index is 13.7. The van der Waals surface area contributed by atoms with Crippen molar-refractivity contribution in [3.05, 3.63) is 36.0 Å². The van der Waals surface area contributed by atoms with Crippen molar-refractivity contribution in [2.45, 2.75) is 72.2 Å². The second kappa shape index (κ2) is 8.96. The van der Waals surface area contributed by atoms with Crippen LogP contribution < -0.4 is 0 Å². The van der Waals surface area contributed by atoms with Crippen LogP contribution >= 0.6 is 0 Å². The van der Waals surface area contributed by atoms with Crippen LogP contribution in [0.4, 0.5) is 0 Å². The Bertz CT molecular complexity index is 1290. The minimum Gasteiger partial charge on any atom is -0.469 e. The van der Waals surface area contributed by atoms with Gasteiger partial charge in [0.15, 0.2) is 5.78 Å². The van der Waals surface area contributed by atoms with Gasteiger partial charge in [-0.15, -0.1) is 0 Å². The molecule has 0 aromatic rings. The summed E-state index contributed by atoms with van der Waals surface area (Å²) in [6.45, 7) is 14.9. The molecule has 1 spiro atoms. The topological polar surface area (TPSA) is 126 Å². The van der Waals surface area contributed by atoms with Crippen LogP contribution in [0.1, 0.15) is 54.4 Å². The van der Waals surface area contributed by atoms with E-state index in [1.54, 1.807) is 26.0 Å². The minimum absolute atomic E-state index is 0.0622. The molecule has 5 rings (SSSR count). The van der Waals surface area contributed by atoms with Gasteiger partial charge in [0, 0.05) is 40.6 Å². The van der Waals surface area contributed by atoms with E-state index in [0.717, 1.165) is 0 Å². The van der Waals surface area contributed by atoms with Gasteiger partial charge in [-0.1, -0.05) is 40.3 Å². The molecule has 9 nitrogen and oxygen atoms in total. The highest BCUT2D eigenvalue weighted by molar-refractivity contribution is 5.96. The number of methoxy groups -OCH3 is 1. The van der Waals surface area contributed by atoms with Crippen LogP contribution in [0, 0.1) is 39.9 Å². The first kappa shape index (κ1) is 28.5. The smallest absolute Gasteiger partial charge is 0.334 e. The molecular formula is C31H38O9. The number of hydrogen-bond donors (Lipinski definition) is 0. The first-order valence-corrected chi connectivity index (χ1v) is 13.8. The van der Waals surface area contributed by atoms with Gasteiger partial charge in [0.1, 0.15) is 24.1 Å². The molecule has 0 aromatic carbocycles. The third kappa shape index (κ3) is 3.52. The van der Waals surface area contributed by atoms with Gasteiger partial charge in [0.25, 0.3) is 0 Å². The lowest BCUT2D eigenvalue weighted by Gasteiger charge is -2.60. The second-order valence-corrected chi connectivity index (χ2v) is 13.0. The van der Waals surface area contributed by atoms with Crippen LogP contribution in [-0.4, -0.2) is 61.0 Å². The number of allylic oxidation sites excluding steroid dienone is 2. The Kier molecular flexibility index (Phi) is 6.38. The average molecular weight is 555 g/mol. The summed E-state index contributed by atoms with van der Waals surface area (Å²) in [7, 11) is 1.30. The number of ether oxygens (including phenoxy) is 4. The Balaban J connectivity index is 1.73. The fraction of sp³-hybridized carbons (Fsp3) is 0.645. The van der Waals surface area contributed by atoms with E-state index in [9.17, 15) is 24.0 Å². The number of rotatable bonds is 6. The highest BCUT2D eigenvalue weighted by atomic mass is 16.6. The third-order valence-corrected chi connectivity index (χ3v) is 10.8. The Morgan fingerprint density at radius 1 is 1.12 bits per heavy atom. The molecule has 40 heavy (non-hydrogen) atoms. The largest absolute Gasteiger partial charge is 0.469 e. The predicted octanol–water partition coefficient (Wildman–Crippen LogP) is 3.31. The van der Waals surface area contributed by atoms with Crippen molar-refractivity contribution in [1.82, 2.24) is 0 Å². The Labute approximate surface area is 234 Å². The lowest BCUT2D eigenvalue weighted by Crippen LogP contribution is -2.65. The molecule has 2 heterocycles. The molecule has 3 fully saturated rings. The molecule has 0 aromatic heterocycles. The lowest BCUT2D eigenvalue weighted by molar-refractivity contribution is -0.181. The molecule has 0 amide bonds. The van der Waals surface area contributed by atoms with Crippen molar-refractivity contribution >= 4 is 29.5 Å². The molecule has 2 aliphatic heterocycles. The summed E-state index contributed by atoms with van der Waals surface area (Å²) in [6, 6.07) is 0. The van der Waals surface area contributed by atoms with E-state index < -0.39 is 63.6 Å². The number of esters is 3. The summed E-state index contributed by atoms with van der Waals surface area (Å²) >= 11 is 0. The predicted molar refractivity (Wildman–Crippen MR) is 141 cm³/mol. The standard InChI is InChI=1S/C31H38O9/c1-15-24(29(6)11-9-21(34)28(4,5)20(29)14-23(35)37-8)26(39-17(3)33)25(16(2)32)30(7)19(13-22-31(15,30)40-22)18-10-12-38-27(18)36/h9-11,19-20,22,24-26H,1,12-14H2,2-8H3/t19-,20-,22+,24+,25-,26-,29-,30+,31+/m0/s1. The molecule has 2 saturated carbocycles. The van der Waals surface area contributed by atoms with Gasteiger partial charge in [-0.2, -0.15) is 0 Å². The van der Waals surface area contributed by atoms with E-state index in [2.05, 4.69) is 6.58 Å². The molecule has 0 unspecified atom stereocenters.